The predicted octanol–water partition coefficient (Wildman–Crippen LogP) is 4.18. The van der Waals surface area contributed by atoms with Crippen molar-refractivity contribution < 1.29 is 17.9 Å². The van der Waals surface area contributed by atoms with E-state index in [4.69, 9.17) is 4.74 Å². The molecule has 1 aromatic rings. The van der Waals surface area contributed by atoms with Crippen LogP contribution in [0.4, 0.5) is 13.2 Å². The lowest BCUT2D eigenvalue weighted by atomic mass is 10.0. The molecule has 0 heterocycles. The summed E-state index contributed by atoms with van der Waals surface area (Å²) in [5.41, 5.74) is -0.514. The maximum absolute atomic E-state index is 12.6. The average molecular weight is 242 g/mol. The molecule has 0 aliphatic carbocycles. The Bertz CT molecular complexity index is 404. The first kappa shape index (κ1) is 13.4. The van der Waals surface area contributed by atoms with Crippen molar-refractivity contribution in [2.75, 3.05) is 6.61 Å². The summed E-state index contributed by atoms with van der Waals surface area (Å²) in [5, 5.41) is 0. The van der Waals surface area contributed by atoms with Crippen LogP contribution in [-0.4, -0.2) is 12.8 Å². The second-order valence-corrected chi connectivity index (χ2v) is 3.33. The molecule has 0 saturated heterocycles. The van der Waals surface area contributed by atoms with Crippen LogP contribution in [0.2, 0.25) is 0 Å². The molecule has 0 radical (unpaired) electrons. The van der Waals surface area contributed by atoms with Gasteiger partial charge in [-0.2, -0.15) is 13.2 Å². The van der Waals surface area contributed by atoms with Gasteiger partial charge in [0.2, 0.25) is 0 Å². The molecule has 0 aliphatic heterocycles. The van der Waals surface area contributed by atoms with Gasteiger partial charge in [0.25, 0.3) is 0 Å². The SMILES string of the molecule is C=C(/C(=C/OCC)c1ccccc1)C(F)(F)F. The van der Waals surface area contributed by atoms with Gasteiger partial charge in [-0.15, -0.1) is 0 Å². The van der Waals surface area contributed by atoms with Crippen LogP contribution in [0.1, 0.15) is 12.5 Å². The van der Waals surface area contributed by atoms with Crippen molar-refractivity contribution in [2.45, 2.75) is 13.1 Å². The quantitative estimate of drug-likeness (QED) is 0.568. The fourth-order valence-corrected chi connectivity index (χ4v) is 1.25. The lowest BCUT2D eigenvalue weighted by Crippen LogP contribution is -2.12. The Labute approximate surface area is 98.2 Å². The zero-order valence-corrected chi connectivity index (χ0v) is 9.42. The Morgan fingerprint density at radius 3 is 2.35 bits per heavy atom. The van der Waals surface area contributed by atoms with E-state index in [9.17, 15) is 13.2 Å². The standard InChI is InChI=1S/C13H13F3O/c1-3-17-9-12(10(2)13(14,15)16)11-7-5-4-6-8-11/h4-9H,2-3H2,1H3/b12-9-. The van der Waals surface area contributed by atoms with Gasteiger partial charge in [0.05, 0.1) is 18.4 Å². The number of ether oxygens (including phenoxy) is 1. The van der Waals surface area contributed by atoms with Crippen molar-refractivity contribution in [3.63, 3.8) is 0 Å². The third kappa shape index (κ3) is 3.66. The van der Waals surface area contributed by atoms with E-state index in [0.717, 1.165) is 6.26 Å². The maximum Gasteiger partial charge on any atom is 0.416 e. The summed E-state index contributed by atoms with van der Waals surface area (Å²) >= 11 is 0. The minimum Gasteiger partial charge on any atom is -0.501 e. The average Bonchev–Trinajstić information content (AvgIpc) is 2.29. The largest absolute Gasteiger partial charge is 0.501 e. The summed E-state index contributed by atoms with van der Waals surface area (Å²) in [6.07, 6.45) is -3.36. The maximum atomic E-state index is 12.6. The highest BCUT2D eigenvalue weighted by atomic mass is 19.4. The van der Waals surface area contributed by atoms with Crippen LogP contribution in [-0.2, 0) is 4.74 Å². The van der Waals surface area contributed by atoms with E-state index >= 15 is 0 Å². The van der Waals surface area contributed by atoms with Gasteiger partial charge in [0, 0.05) is 5.57 Å². The molecule has 0 bridgehead atoms. The zero-order chi connectivity index (χ0) is 12.9. The number of alkyl halides is 3. The predicted molar refractivity (Wildman–Crippen MR) is 61.2 cm³/mol. The summed E-state index contributed by atoms with van der Waals surface area (Å²) in [4.78, 5) is 0. The minimum atomic E-state index is -4.46. The fraction of sp³-hybridized carbons (Fsp3) is 0.231. The molecule has 92 valence electrons. The Morgan fingerprint density at radius 1 is 1.29 bits per heavy atom. The van der Waals surface area contributed by atoms with E-state index < -0.39 is 11.7 Å². The molecule has 1 rings (SSSR count). The fourth-order valence-electron chi connectivity index (χ4n) is 1.25. The molecule has 0 N–H and O–H groups in total. The Morgan fingerprint density at radius 2 is 1.88 bits per heavy atom. The molecule has 0 atom stereocenters. The van der Waals surface area contributed by atoms with E-state index in [1.807, 2.05) is 0 Å². The highest BCUT2D eigenvalue weighted by Crippen LogP contribution is 2.34. The van der Waals surface area contributed by atoms with Gasteiger partial charge in [-0.3, -0.25) is 0 Å². The normalized spacial score (nSPS) is 12.4. The van der Waals surface area contributed by atoms with Crippen LogP contribution in [0, 0.1) is 0 Å². The first-order valence-electron chi connectivity index (χ1n) is 5.10. The van der Waals surface area contributed by atoms with Crippen molar-refractivity contribution in [1.29, 1.82) is 0 Å². The molecule has 0 spiro atoms. The lowest BCUT2D eigenvalue weighted by Gasteiger charge is -2.14. The number of benzene rings is 1. The van der Waals surface area contributed by atoms with Crippen LogP contribution in [0.25, 0.3) is 5.57 Å². The van der Waals surface area contributed by atoms with Crippen molar-refractivity contribution in [2.24, 2.45) is 0 Å². The minimum absolute atomic E-state index is 0.0417. The molecule has 0 amide bonds. The summed E-state index contributed by atoms with van der Waals surface area (Å²) in [6.45, 7) is 5.09. The topological polar surface area (TPSA) is 9.23 Å². The number of halogens is 3. The van der Waals surface area contributed by atoms with Crippen LogP contribution in [0.5, 0.6) is 0 Å². The van der Waals surface area contributed by atoms with Crippen molar-refractivity contribution >= 4 is 5.57 Å². The molecule has 0 aromatic heterocycles. The van der Waals surface area contributed by atoms with Gasteiger partial charge < -0.3 is 4.74 Å². The van der Waals surface area contributed by atoms with Gasteiger partial charge in [0.15, 0.2) is 0 Å². The molecule has 17 heavy (non-hydrogen) atoms. The van der Waals surface area contributed by atoms with Crippen LogP contribution < -0.4 is 0 Å². The summed E-state index contributed by atoms with van der Waals surface area (Å²) in [5.74, 6) is 0. The molecule has 0 aliphatic rings. The monoisotopic (exact) mass is 242 g/mol. The van der Waals surface area contributed by atoms with Gasteiger partial charge in [-0.1, -0.05) is 36.9 Å². The van der Waals surface area contributed by atoms with Crippen LogP contribution in [0.3, 0.4) is 0 Å². The van der Waals surface area contributed by atoms with E-state index in [0.29, 0.717) is 12.2 Å². The second kappa shape index (κ2) is 5.57. The molecule has 4 heteroatoms. The second-order valence-electron chi connectivity index (χ2n) is 3.33. The highest BCUT2D eigenvalue weighted by molar-refractivity contribution is 5.78. The first-order chi connectivity index (χ1) is 7.96. The van der Waals surface area contributed by atoms with Gasteiger partial charge in [-0.25, -0.2) is 0 Å². The van der Waals surface area contributed by atoms with Crippen molar-refractivity contribution in [3.8, 4) is 0 Å². The number of allylic oxidation sites excluding steroid dienone is 2. The van der Waals surface area contributed by atoms with Gasteiger partial charge >= 0.3 is 6.18 Å². The number of rotatable bonds is 4. The van der Waals surface area contributed by atoms with E-state index in [2.05, 4.69) is 6.58 Å². The Hall–Kier alpha value is -1.71. The third-order valence-electron chi connectivity index (χ3n) is 2.12. The molecular weight excluding hydrogens is 229 g/mol. The van der Waals surface area contributed by atoms with E-state index in [-0.39, 0.29) is 5.57 Å². The number of hydrogen-bond donors (Lipinski definition) is 0. The molecule has 0 fully saturated rings. The van der Waals surface area contributed by atoms with Crippen molar-refractivity contribution in [3.05, 3.63) is 54.3 Å². The summed E-state index contributed by atoms with van der Waals surface area (Å²) < 4.78 is 42.8. The van der Waals surface area contributed by atoms with Crippen LogP contribution in [0.15, 0.2) is 48.7 Å². The lowest BCUT2D eigenvalue weighted by molar-refractivity contribution is -0.0868. The zero-order valence-electron chi connectivity index (χ0n) is 9.42. The van der Waals surface area contributed by atoms with Gasteiger partial charge in [-0.05, 0) is 12.5 Å². The van der Waals surface area contributed by atoms with E-state index in [1.165, 1.54) is 0 Å². The summed E-state index contributed by atoms with van der Waals surface area (Å²) in [6, 6.07) is 8.24. The van der Waals surface area contributed by atoms with Crippen molar-refractivity contribution in [1.82, 2.24) is 0 Å². The van der Waals surface area contributed by atoms with Crippen LogP contribution >= 0.6 is 0 Å². The highest BCUT2D eigenvalue weighted by Gasteiger charge is 2.34. The number of hydrogen-bond acceptors (Lipinski definition) is 1. The molecule has 0 saturated carbocycles. The molecule has 1 aromatic carbocycles. The molecule has 0 unspecified atom stereocenters. The first-order valence-corrected chi connectivity index (χ1v) is 5.10. The molecular formula is C13H13F3O. The third-order valence-corrected chi connectivity index (χ3v) is 2.12. The Kier molecular flexibility index (Phi) is 4.37. The smallest absolute Gasteiger partial charge is 0.416 e. The molecule has 1 nitrogen and oxygen atoms in total. The Balaban J connectivity index is 3.10. The summed E-state index contributed by atoms with van der Waals surface area (Å²) in [7, 11) is 0. The van der Waals surface area contributed by atoms with E-state index in [1.54, 1.807) is 37.3 Å². The van der Waals surface area contributed by atoms with Gasteiger partial charge in [0.1, 0.15) is 0 Å².